The summed E-state index contributed by atoms with van der Waals surface area (Å²) >= 11 is 0. The van der Waals surface area contributed by atoms with Gasteiger partial charge >= 0.3 is 0 Å². The van der Waals surface area contributed by atoms with Crippen molar-refractivity contribution in [1.29, 1.82) is 0 Å². The summed E-state index contributed by atoms with van der Waals surface area (Å²) in [5.74, 6) is 0. The minimum absolute atomic E-state index is 1.15. The highest BCUT2D eigenvalue weighted by Crippen LogP contribution is 2.40. The molecule has 2 aromatic heterocycles. The van der Waals surface area contributed by atoms with Crippen LogP contribution in [0.3, 0.4) is 0 Å². The molecule has 0 bridgehead atoms. The van der Waals surface area contributed by atoms with Crippen molar-refractivity contribution in [2.24, 2.45) is 0 Å². The zero-order valence-corrected chi connectivity index (χ0v) is 27.4. The van der Waals surface area contributed by atoms with Gasteiger partial charge in [-0.1, -0.05) is 146 Å². The number of aromatic nitrogens is 2. The summed E-state index contributed by atoms with van der Waals surface area (Å²) in [5.41, 5.74) is 14.5. The minimum Gasteiger partial charge on any atom is -0.309 e. The van der Waals surface area contributed by atoms with Gasteiger partial charge in [-0.3, -0.25) is 0 Å². The molecule has 0 unspecified atom stereocenters. The standard InChI is InChI=1S/C48H32N2/c1-3-14-33(15-4-1)36-18-13-19-38(30-36)50-46-25-12-10-23-42(46)44-31-47-43(32-48(44)50)41-22-9-11-24-45(41)49(47)37-28-26-35(27-29-37)40-21-8-7-20-39(40)34-16-5-2-6-17-34/h1-32H. The fourth-order valence-corrected chi connectivity index (χ4v) is 7.84. The van der Waals surface area contributed by atoms with Crippen molar-refractivity contribution in [2.75, 3.05) is 0 Å². The Morgan fingerprint density at radius 2 is 0.700 bits per heavy atom. The summed E-state index contributed by atoms with van der Waals surface area (Å²) < 4.78 is 4.86. The highest BCUT2D eigenvalue weighted by molar-refractivity contribution is 6.19. The summed E-state index contributed by atoms with van der Waals surface area (Å²) in [6.45, 7) is 0. The van der Waals surface area contributed by atoms with Gasteiger partial charge in [0.15, 0.2) is 0 Å². The molecule has 0 radical (unpaired) electrons. The van der Waals surface area contributed by atoms with Crippen molar-refractivity contribution in [3.05, 3.63) is 194 Å². The van der Waals surface area contributed by atoms with Crippen molar-refractivity contribution < 1.29 is 0 Å². The van der Waals surface area contributed by atoms with Crippen molar-refractivity contribution in [1.82, 2.24) is 9.13 Å². The van der Waals surface area contributed by atoms with Gasteiger partial charge in [0.2, 0.25) is 0 Å². The van der Waals surface area contributed by atoms with Crippen LogP contribution in [0.4, 0.5) is 0 Å². The van der Waals surface area contributed by atoms with Gasteiger partial charge in [-0.2, -0.15) is 0 Å². The first-order chi connectivity index (χ1) is 24.8. The van der Waals surface area contributed by atoms with Gasteiger partial charge in [0.05, 0.1) is 22.1 Å². The van der Waals surface area contributed by atoms with Crippen LogP contribution in [-0.4, -0.2) is 9.13 Å². The zero-order valence-electron chi connectivity index (χ0n) is 27.4. The molecule has 234 valence electrons. The number of rotatable bonds is 5. The van der Waals surface area contributed by atoms with Crippen molar-refractivity contribution in [3.63, 3.8) is 0 Å². The third kappa shape index (κ3) is 4.50. The number of para-hydroxylation sites is 2. The monoisotopic (exact) mass is 636 g/mol. The van der Waals surface area contributed by atoms with Crippen molar-refractivity contribution in [3.8, 4) is 44.8 Å². The summed E-state index contributed by atoms with van der Waals surface area (Å²) in [6, 6.07) is 70.3. The SMILES string of the molecule is c1ccc(-c2cccc(-n3c4ccccc4c4cc5c(cc43)c3ccccc3n5-c3ccc(-c4ccccc4-c4ccccc4)cc3)c2)cc1. The maximum Gasteiger partial charge on any atom is 0.0548 e. The van der Waals surface area contributed by atoms with Crippen LogP contribution in [0, 0.1) is 0 Å². The fraction of sp³-hybridized carbons (Fsp3) is 0. The van der Waals surface area contributed by atoms with E-state index in [-0.39, 0.29) is 0 Å². The first-order valence-corrected chi connectivity index (χ1v) is 17.2. The molecular weight excluding hydrogens is 605 g/mol. The molecule has 10 aromatic rings. The Labute approximate surface area is 290 Å². The normalized spacial score (nSPS) is 11.6. The molecule has 0 aliphatic rings. The lowest BCUT2D eigenvalue weighted by Crippen LogP contribution is -1.95. The van der Waals surface area contributed by atoms with Crippen LogP contribution in [0.2, 0.25) is 0 Å². The minimum atomic E-state index is 1.15. The molecule has 0 amide bonds. The quantitative estimate of drug-likeness (QED) is 0.178. The predicted molar refractivity (Wildman–Crippen MR) is 211 cm³/mol. The van der Waals surface area contributed by atoms with E-state index in [1.807, 2.05) is 0 Å². The maximum absolute atomic E-state index is 2.43. The highest BCUT2D eigenvalue weighted by Gasteiger charge is 2.19. The Balaban J connectivity index is 1.17. The van der Waals surface area contributed by atoms with E-state index < -0.39 is 0 Å². The molecule has 0 aliphatic carbocycles. The number of nitrogens with zero attached hydrogens (tertiary/aromatic N) is 2. The van der Waals surface area contributed by atoms with Gasteiger partial charge in [0.1, 0.15) is 0 Å². The Hall–Kier alpha value is -6.64. The van der Waals surface area contributed by atoms with E-state index in [9.17, 15) is 0 Å². The average Bonchev–Trinajstić information content (AvgIpc) is 3.70. The van der Waals surface area contributed by atoms with E-state index in [1.165, 1.54) is 77.0 Å². The summed E-state index contributed by atoms with van der Waals surface area (Å²) in [7, 11) is 0. The molecule has 8 aromatic carbocycles. The lowest BCUT2D eigenvalue weighted by molar-refractivity contribution is 1.17. The number of hydrogen-bond acceptors (Lipinski definition) is 0. The van der Waals surface area contributed by atoms with E-state index in [4.69, 9.17) is 0 Å². The first-order valence-electron chi connectivity index (χ1n) is 17.2. The molecule has 10 rings (SSSR count). The summed E-state index contributed by atoms with van der Waals surface area (Å²) in [6.07, 6.45) is 0. The second kappa shape index (κ2) is 11.5. The largest absolute Gasteiger partial charge is 0.309 e. The molecule has 2 nitrogen and oxygen atoms in total. The van der Waals surface area contributed by atoms with E-state index in [2.05, 4.69) is 203 Å². The lowest BCUT2D eigenvalue weighted by atomic mass is 9.94. The van der Waals surface area contributed by atoms with E-state index in [0.29, 0.717) is 0 Å². The fourth-order valence-electron chi connectivity index (χ4n) is 7.84. The molecule has 0 saturated carbocycles. The third-order valence-electron chi connectivity index (χ3n) is 10.1. The van der Waals surface area contributed by atoms with Gasteiger partial charge in [-0.15, -0.1) is 0 Å². The van der Waals surface area contributed by atoms with E-state index >= 15 is 0 Å². The Morgan fingerprint density at radius 3 is 1.30 bits per heavy atom. The van der Waals surface area contributed by atoms with E-state index in [0.717, 1.165) is 11.4 Å². The Bertz CT molecular complexity index is 2840. The van der Waals surface area contributed by atoms with Gasteiger partial charge in [-0.05, 0) is 81.9 Å². The van der Waals surface area contributed by atoms with E-state index in [1.54, 1.807) is 0 Å². The van der Waals surface area contributed by atoms with Crippen LogP contribution in [0.1, 0.15) is 0 Å². The Morgan fingerprint density at radius 1 is 0.240 bits per heavy atom. The van der Waals surface area contributed by atoms with Crippen molar-refractivity contribution >= 4 is 43.6 Å². The third-order valence-corrected chi connectivity index (χ3v) is 10.1. The smallest absolute Gasteiger partial charge is 0.0548 e. The number of hydrogen-bond donors (Lipinski definition) is 0. The number of benzene rings is 8. The predicted octanol–water partition coefficient (Wildman–Crippen LogP) is 12.9. The van der Waals surface area contributed by atoms with Crippen LogP contribution in [0.5, 0.6) is 0 Å². The Kier molecular flexibility index (Phi) is 6.53. The van der Waals surface area contributed by atoms with Gasteiger partial charge < -0.3 is 9.13 Å². The second-order valence-electron chi connectivity index (χ2n) is 13.0. The second-order valence-corrected chi connectivity index (χ2v) is 13.0. The summed E-state index contributed by atoms with van der Waals surface area (Å²) in [5, 5.41) is 4.99. The number of fused-ring (bicyclic) bond motifs is 6. The van der Waals surface area contributed by atoms with Crippen LogP contribution >= 0.6 is 0 Å². The lowest BCUT2D eigenvalue weighted by Gasteiger charge is -2.13. The van der Waals surface area contributed by atoms with Gasteiger partial charge in [0, 0.05) is 32.9 Å². The van der Waals surface area contributed by atoms with Crippen LogP contribution in [-0.2, 0) is 0 Å². The molecule has 0 saturated heterocycles. The molecule has 50 heavy (non-hydrogen) atoms. The average molecular weight is 637 g/mol. The molecule has 0 aliphatic heterocycles. The molecule has 0 N–H and O–H groups in total. The topological polar surface area (TPSA) is 9.86 Å². The molecule has 0 fully saturated rings. The molecular formula is C48H32N2. The van der Waals surface area contributed by atoms with Gasteiger partial charge in [0.25, 0.3) is 0 Å². The summed E-state index contributed by atoms with van der Waals surface area (Å²) in [4.78, 5) is 0. The molecule has 2 heteroatoms. The van der Waals surface area contributed by atoms with Gasteiger partial charge in [-0.25, -0.2) is 0 Å². The molecule has 0 atom stereocenters. The van der Waals surface area contributed by atoms with Crippen molar-refractivity contribution in [2.45, 2.75) is 0 Å². The zero-order chi connectivity index (χ0) is 33.0. The van der Waals surface area contributed by atoms with Crippen LogP contribution in [0.15, 0.2) is 194 Å². The molecule has 0 spiro atoms. The van der Waals surface area contributed by atoms with Crippen LogP contribution in [0.25, 0.3) is 88.4 Å². The first kappa shape index (κ1) is 28.4. The van der Waals surface area contributed by atoms with Crippen LogP contribution < -0.4 is 0 Å². The highest BCUT2D eigenvalue weighted by atomic mass is 15.0. The molecule has 2 heterocycles. The maximum atomic E-state index is 2.43.